The van der Waals surface area contributed by atoms with Crippen molar-refractivity contribution in [1.29, 1.82) is 0 Å². The highest BCUT2D eigenvalue weighted by Gasteiger charge is 2.17. The molecule has 0 saturated carbocycles. The largest absolute Gasteiger partial charge is 0.506 e. The summed E-state index contributed by atoms with van der Waals surface area (Å²) in [5, 5.41) is 13.4. The molecule has 1 fully saturated rings. The van der Waals surface area contributed by atoms with E-state index in [4.69, 9.17) is 11.6 Å². The number of rotatable bonds is 6. The molecule has 1 heterocycles. The van der Waals surface area contributed by atoms with Crippen molar-refractivity contribution in [2.45, 2.75) is 38.8 Å². The van der Waals surface area contributed by atoms with E-state index in [1.165, 1.54) is 12.8 Å². The Morgan fingerprint density at radius 2 is 2.32 bits per heavy atom. The molecule has 2 N–H and O–H groups in total. The van der Waals surface area contributed by atoms with Gasteiger partial charge < -0.3 is 10.4 Å². The van der Waals surface area contributed by atoms with Gasteiger partial charge in [-0.1, -0.05) is 24.6 Å². The predicted octanol–water partition coefficient (Wildman–Crippen LogP) is 3.01. The van der Waals surface area contributed by atoms with Crippen LogP contribution in [0.5, 0.6) is 5.75 Å². The summed E-state index contributed by atoms with van der Waals surface area (Å²) < 4.78 is 0. The van der Waals surface area contributed by atoms with Crippen LogP contribution in [0.3, 0.4) is 0 Å². The number of hydrogen-bond donors (Lipinski definition) is 2. The quantitative estimate of drug-likeness (QED) is 0.842. The minimum absolute atomic E-state index is 0.157. The second kappa shape index (κ2) is 7.13. The van der Waals surface area contributed by atoms with Gasteiger partial charge in [0.25, 0.3) is 0 Å². The van der Waals surface area contributed by atoms with Gasteiger partial charge in [0.2, 0.25) is 0 Å². The van der Waals surface area contributed by atoms with E-state index in [1.54, 1.807) is 6.07 Å². The van der Waals surface area contributed by atoms with Gasteiger partial charge in [-0.2, -0.15) is 0 Å². The molecule has 0 bridgehead atoms. The highest BCUT2D eigenvalue weighted by Crippen LogP contribution is 2.24. The number of nitrogens with zero attached hydrogens (tertiary/aromatic N) is 1. The second-order valence-electron chi connectivity index (χ2n) is 5.31. The van der Waals surface area contributed by atoms with Gasteiger partial charge in [-0.05, 0) is 50.0 Å². The van der Waals surface area contributed by atoms with Gasteiger partial charge in [0.05, 0.1) is 5.02 Å². The van der Waals surface area contributed by atoms with E-state index < -0.39 is 0 Å². The highest BCUT2D eigenvalue weighted by atomic mass is 35.5. The van der Waals surface area contributed by atoms with Crippen LogP contribution in [-0.4, -0.2) is 35.7 Å². The highest BCUT2D eigenvalue weighted by molar-refractivity contribution is 6.32. The molecule has 0 amide bonds. The Morgan fingerprint density at radius 1 is 1.47 bits per heavy atom. The first kappa shape index (κ1) is 14.6. The third-order valence-corrected chi connectivity index (χ3v) is 3.90. The molecule has 1 aromatic rings. The molecule has 4 heteroatoms. The van der Waals surface area contributed by atoms with E-state index in [-0.39, 0.29) is 5.75 Å². The summed E-state index contributed by atoms with van der Waals surface area (Å²) in [7, 11) is 0. The normalized spacial score (nSPS) is 19.2. The minimum atomic E-state index is 0.157. The zero-order valence-electron chi connectivity index (χ0n) is 11.5. The first-order valence-corrected chi connectivity index (χ1v) is 7.50. The second-order valence-corrected chi connectivity index (χ2v) is 5.72. The number of halogens is 1. The average molecular weight is 283 g/mol. The van der Waals surface area contributed by atoms with Gasteiger partial charge in [0, 0.05) is 19.1 Å². The van der Waals surface area contributed by atoms with Crippen molar-refractivity contribution >= 4 is 11.6 Å². The summed E-state index contributed by atoms with van der Waals surface area (Å²) >= 11 is 5.96. The van der Waals surface area contributed by atoms with Crippen LogP contribution in [-0.2, 0) is 6.54 Å². The molecule has 1 saturated heterocycles. The topological polar surface area (TPSA) is 35.5 Å². The number of phenols is 1. The predicted molar refractivity (Wildman–Crippen MR) is 79.7 cm³/mol. The van der Waals surface area contributed by atoms with Gasteiger partial charge in [-0.25, -0.2) is 0 Å². The maximum Gasteiger partial charge on any atom is 0.134 e. The molecule has 0 spiro atoms. The molecule has 1 unspecified atom stereocenters. The van der Waals surface area contributed by atoms with E-state index in [0.29, 0.717) is 11.1 Å². The molecule has 1 atom stereocenters. The van der Waals surface area contributed by atoms with Gasteiger partial charge in [0.15, 0.2) is 0 Å². The summed E-state index contributed by atoms with van der Waals surface area (Å²) in [6.45, 7) is 6.43. The zero-order chi connectivity index (χ0) is 13.7. The van der Waals surface area contributed by atoms with Gasteiger partial charge >= 0.3 is 0 Å². The van der Waals surface area contributed by atoms with Crippen LogP contribution >= 0.6 is 11.6 Å². The molecule has 0 radical (unpaired) electrons. The van der Waals surface area contributed by atoms with Crippen molar-refractivity contribution in [3.63, 3.8) is 0 Å². The first-order chi connectivity index (χ1) is 9.19. The SMILES string of the molecule is CCCN(Cc1ccc(O)c(Cl)c1)CC1CCCN1. The summed E-state index contributed by atoms with van der Waals surface area (Å²) in [5.74, 6) is 0.157. The van der Waals surface area contributed by atoms with Crippen LogP contribution in [0.2, 0.25) is 5.02 Å². The molecule has 0 aliphatic carbocycles. The fraction of sp³-hybridized carbons (Fsp3) is 0.600. The van der Waals surface area contributed by atoms with Crippen molar-refractivity contribution in [2.75, 3.05) is 19.6 Å². The third kappa shape index (κ3) is 4.37. The standard InChI is InChI=1S/C15H23ClN2O/c1-2-8-18(11-13-4-3-7-17-13)10-12-5-6-15(19)14(16)9-12/h5-6,9,13,17,19H,2-4,7-8,10-11H2,1H3. The van der Waals surface area contributed by atoms with Gasteiger partial charge in [-0.15, -0.1) is 0 Å². The lowest BCUT2D eigenvalue weighted by atomic mass is 10.1. The molecule has 2 rings (SSSR count). The average Bonchev–Trinajstić information content (AvgIpc) is 2.87. The van der Waals surface area contributed by atoms with E-state index >= 15 is 0 Å². The number of hydrogen-bond acceptors (Lipinski definition) is 3. The summed E-state index contributed by atoms with van der Waals surface area (Å²) in [4.78, 5) is 2.46. The fourth-order valence-corrected chi connectivity index (χ4v) is 2.89. The molecule has 1 aromatic carbocycles. The minimum Gasteiger partial charge on any atom is -0.506 e. The Bertz CT molecular complexity index is 405. The van der Waals surface area contributed by atoms with Gasteiger partial charge in [0.1, 0.15) is 5.75 Å². The fourth-order valence-electron chi connectivity index (χ4n) is 2.68. The lowest BCUT2D eigenvalue weighted by Gasteiger charge is -2.25. The third-order valence-electron chi connectivity index (χ3n) is 3.60. The van der Waals surface area contributed by atoms with Crippen molar-refractivity contribution in [1.82, 2.24) is 10.2 Å². The Hall–Kier alpha value is -0.770. The Kier molecular flexibility index (Phi) is 5.49. The maximum atomic E-state index is 9.46. The molecule has 106 valence electrons. The van der Waals surface area contributed by atoms with Crippen molar-refractivity contribution in [3.05, 3.63) is 28.8 Å². The number of nitrogens with one attached hydrogen (secondary N) is 1. The zero-order valence-corrected chi connectivity index (χ0v) is 12.3. The Balaban J connectivity index is 1.96. The summed E-state index contributed by atoms with van der Waals surface area (Å²) in [5.41, 5.74) is 1.16. The number of phenolic OH excluding ortho intramolecular Hbond substituents is 1. The summed E-state index contributed by atoms with van der Waals surface area (Å²) in [6, 6.07) is 6.11. The monoisotopic (exact) mass is 282 g/mol. The van der Waals surface area contributed by atoms with E-state index in [9.17, 15) is 5.11 Å². The van der Waals surface area contributed by atoms with Crippen molar-refractivity contribution < 1.29 is 5.11 Å². The lowest BCUT2D eigenvalue weighted by Crippen LogP contribution is -2.37. The van der Waals surface area contributed by atoms with E-state index in [2.05, 4.69) is 17.1 Å². The van der Waals surface area contributed by atoms with Crippen LogP contribution in [0.1, 0.15) is 31.7 Å². The van der Waals surface area contributed by atoms with Crippen molar-refractivity contribution in [2.24, 2.45) is 0 Å². The van der Waals surface area contributed by atoms with Crippen LogP contribution in [0.25, 0.3) is 0 Å². The van der Waals surface area contributed by atoms with Gasteiger partial charge in [-0.3, -0.25) is 4.90 Å². The molecular weight excluding hydrogens is 260 g/mol. The molecule has 1 aliphatic heterocycles. The first-order valence-electron chi connectivity index (χ1n) is 7.12. The number of benzene rings is 1. The van der Waals surface area contributed by atoms with Crippen LogP contribution in [0.15, 0.2) is 18.2 Å². The Labute approximate surface area is 120 Å². The van der Waals surface area contributed by atoms with E-state index in [0.717, 1.165) is 38.2 Å². The molecular formula is C15H23ClN2O. The van der Waals surface area contributed by atoms with E-state index in [1.807, 2.05) is 12.1 Å². The Morgan fingerprint density at radius 3 is 2.95 bits per heavy atom. The summed E-state index contributed by atoms with van der Waals surface area (Å²) in [6.07, 6.45) is 3.71. The maximum absolute atomic E-state index is 9.46. The molecule has 1 aliphatic rings. The lowest BCUT2D eigenvalue weighted by molar-refractivity contribution is 0.241. The van der Waals surface area contributed by atoms with Crippen LogP contribution < -0.4 is 5.32 Å². The van der Waals surface area contributed by atoms with Crippen molar-refractivity contribution in [3.8, 4) is 5.75 Å². The van der Waals surface area contributed by atoms with Crippen LogP contribution in [0, 0.1) is 0 Å². The molecule has 19 heavy (non-hydrogen) atoms. The smallest absolute Gasteiger partial charge is 0.134 e. The number of aromatic hydroxyl groups is 1. The van der Waals surface area contributed by atoms with Crippen LogP contribution in [0.4, 0.5) is 0 Å². The molecule has 0 aromatic heterocycles. The molecule has 3 nitrogen and oxygen atoms in total.